The monoisotopic (exact) mass is 633 g/mol. The molecule has 5 aromatic rings. The highest BCUT2D eigenvalue weighted by Gasteiger charge is 2.33. The number of ether oxygens (including phenoxy) is 3. The van der Waals surface area contributed by atoms with E-state index in [1.807, 2.05) is 85.7 Å². The van der Waals surface area contributed by atoms with Gasteiger partial charge in [-0.15, -0.1) is 0 Å². The highest BCUT2D eigenvalue weighted by Crippen LogP contribution is 2.32. The first-order chi connectivity index (χ1) is 22.3. The smallest absolute Gasteiger partial charge is 0.338 e. The zero-order valence-electron chi connectivity index (χ0n) is 26.4. The van der Waals surface area contributed by atoms with Crippen LogP contribution in [0, 0.1) is 0 Å². The summed E-state index contributed by atoms with van der Waals surface area (Å²) in [4.78, 5) is 34.4. The Morgan fingerprint density at radius 1 is 1.00 bits per heavy atom. The lowest BCUT2D eigenvalue weighted by atomic mass is 9.95. The molecule has 0 radical (unpaired) electrons. The molecule has 0 saturated heterocycles. The van der Waals surface area contributed by atoms with Gasteiger partial charge >= 0.3 is 5.97 Å². The molecule has 0 aliphatic carbocycles. The van der Waals surface area contributed by atoms with Crippen LogP contribution in [0.25, 0.3) is 16.8 Å². The molecular formula is C37H35N3O5S. The number of rotatable bonds is 9. The lowest BCUT2D eigenvalue weighted by Gasteiger charge is -2.25. The van der Waals surface area contributed by atoms with Gasteiger partial charge in [-0.1, -0.05) is 72.0 Å². The fraction of sp³-hybridized carbons (Fsp3) is 0.216. The topological polar surface area (TPSA) is 82.4 Å². The minimum absolute atomic E-state index is 0.218. The number of esters is 1. The van der Waals surface area contributed by atoms with E-state index in [2.05, 4.69) is 29.3 Å². The van der Waals surface area contributed by atoms with Gasteiger partial charge in [0.25, 0.3) is 5.56 Å². The van der Waals surface area contributed by atoms with E-state index < -0.39 is 12.0 Å². The first kappa shape index (κ1) is 30.9. The van der Waals surface area contributed by atoms with Crippen molar-refractivity contribution in [3.63, 3.8) is 0 Å². The van der Waals surface area contributed by atoms with E-state index in [9.17, 15) is 9.59 Å². The number of anilines is 1. The van der Waals surface area contributed by atoms with Crippen LogP contribution in [0.4, 0.5) is 5.69 Å². The maximum Gasteiger partial charge on any atom is 0.338 e. The highest BCUT2D eigenvalue weighted by molar-refractivity contribution is 7.07. The van der Waals surface area contributed by atoms with Gasteiger partial charge in [0, 0.05) is 19.8 Å². The first-order valence-electron chi connectivity index (χ1n) is 15.0. The van der Waals surface area contributed by atoms with Crippen molar-refractivity contribution in [2.45, 2.75) is 26.5 Å². The van der Waals surface area contributed by atoms with E-state index in [-0.39, 0.29) is 12.2 Å². The van der Waals surface area contributed by atoms with Crippen LogP contribution in [0.3, 0.4) is 0 Å². The molecule has 1 unspecified atom stereocenters. The molecule has 0 bridgehead atoms. The van der Waals surface area contributed by atoms with E-state index in [0.29, 0.717) is 38.7 Å². The average molecular weight is 634 g/mol. The Morgan fingerprint density at radius 3 is 2.50 bits per heavy atom. The SMILES string of the molecule is CCOC(=O)C1=C(C)N=c2sc(=Cc3ccc(OCc4cccc5ccccc45)c(OC)c3)c(=O)n2C1c1ccc(N(C)C)cc1. The second-order valence-corrected chi connectivity index (χ2v) is 12.1. The zero-order chi connectivity index (χ0) is 32.4. The molecule has 6 rings (SSSR count). The fourth-order valence-electron chi connectivity index (χ4n) is 5.68. The lowest BCUT2D eigenvalue weighted by Crippen LogP contribution is -2.39. The molecule has 8 nitrogen and oxygen atoms in total. The van der Waals surface area contributed by atoms with Crippen molar-refractivity contribution in [1.29, 1.82) is 0 Å². The van der Waals surface area contributed by atoms with Gasteiger partial charge in [0.1, 0.15) is 6.61 Å². The number of nitrogens with zero attached hydrogens (tertiary/aromatic N) is 3. The summed E-state index contributed by atoms with van der Waals surface area (Å²) < 4.78 is 19.4. The molecule has 0 saturated carbocycles. The molecule has 2 heterocycles. The average Bonchev–Trinajstić information content (AvgIpc) is 3.36. The van der Waals surface area contributed by atoms with Gasteiger partial charge < -0.3 is 19.1 Å². The Labute approximate surface area is 271 Å². The normalized spacial score (nSPS) is 14.5. The largest absolute Gasteiger partial charge is 0.493 e. The number of fused-ring (bicyclic) bond motifs is 2. The van der Waals surface area contributed by atoms with Gasteiger partial charge in [0.05, 0.1) is 35.6 Å². The van der Waals surface area contributed by atoms with Crippen LogP contribution in [0.1, 0.15) is 36.6 Å². The minimum Gasteiger partial charge on any atom is -0.493 e. The van der Waals surface area contributed by atoms with Crippen molar-refractivity contribution in [2.24, 2.45) is 4.99 Å². The molecule has 0 spiro atoms. The quantitative estimate of drug-likeness (QED) is 0.197. The molecule has 0 fully saturated rings. The third-order valence-corrected chi connectivity index (χ3v) is 8.97. The summed E-state index contributed by atoms with van der Waals surface area (Å²) in [5.41, 5.74) is 4.30. The fourth-order valence-corrected chi connectivity index (χ4v) is 6.73. The summed E-state index contributed by atoms with van der Waals surface area (Å²) in [6, 6.07) is 27.1. The summed E-state index contributed by atoms with van der Waals surface area (Å²) >= 11 is 1.28. The molecule has 1 aliphatic rings. The Morgan fingerprint density at radius 2 is 1.76 bits per heavy atom. The summed E-state index contributed by atoms with van der Waals surface area (Å²) in [5.74, 6) is 0.675. The van der Waals surface area contributed by atoms with Gasteiger partial charge in [-0.2, -0.15) is 0 Å². The standard InChI is InChI=1S/C37H35N3O5S/c1-6-44-36(42)33-23(2)38-37-40(34(33)26-15-17-28(18-16-26)39(3)4)35(41)32(46-37)21-24-14-19-30(31(20-24)43-5)45-22-27-12-9-11-25-10-7-8-13-29(25)27/h7-21,34H,6,22H2,1-5H3. The number of allylic oxidation sites excluding steroid dienone is 1. The third kappa shape index (κ3) is 5.93. The second kappa shape index (κ2) is 13.1. The van der Waals surface area contributed by atoms with E-state index in [4.69, 9.17) is 14.2 Å². The van der Waals surface area contributed by atoms with Crippen molar-refractivity contribution >= 4 is 39.8 Å². The number of hydrogen-bond donors (Lipinski definition) is 0. The van der Waals surface area contributed by atoms with Crippen LogP contribution in [0.2, 0.25) is 0 Å². The van der Waals surface area contributed by atoms with E-state index in [1.54, 1.807) is 25.5 Å². The summed E-state index contributed by atoms with van der Waals surface area (Å²) in [6.07, 6.45) is 1.82. The first-order valence-corrected chi connectivity index (χ1v) is 15.8. The molecule has 4 aromatic carbocycles. The summed E-state index contributed by atoms with van der Waals surface area (Å²) in [5, 5.41) is 2.30. The second-order valence-electron chi connectivity index (χ2n) is 11.1. The maximum atomic E-state index is 14.0. The van der Waals surface area contributed by atoms with Gasteiger partial charge in [-0.05, 0) is 71.7 Å². The highest BCUT2D eigenvalue weighted by atomic mass is 32.1. The minimum atomic E-state index is -0.673. The Hall–Kier alpha value is -5.15. The summed E-state index contributed by atoms with van der Waals surface area (Å²) in [7, 11) is 5.52. The third-order valence-electron chi connectivity index (χ3n) is 7.99. The van der Waals surface area contributed by atoms with Crippen LogP contribution < -0.4 is 29.3 Å². The molecule has 0 amide bonds. The van der Waals surface area contributed by atoms with E-state index >= 15 is 0 Å². The van der Waals surface area contributed by atoms with Crippen molar-refractivity contribution < 1.29 is 19.0 Å². The molecule has 9 heteroatoms. The number of hydrogen-bond acceptors (Lipinski definition) is 8. The van der Waals surface area contributed by atoms with E-state index in [1.165, 1.54) is 11.3 Å². The van der Waals surface area contributed by atoms with Crippen molar-refractivity contribution in [1.82, 2.24) is 4.57 Å². The van der Waals surface area contributed by atoms with Crippen molar-refractivity contribution in [3.8, 4) is 11.5 Å². The summed E-state index contributed by atoms with van der Waals surface area (Å²) in [6.45, 7) is 4.15. The number of aromatic nitrogens is 1. The van der Waals surface area contributed by atoms with Gasteiger partial charge in [-0.25, -0.2) is 9.79 Å². The van der Waals surface area contributed by atoms with E-state index in [0.717, 1.165) is 33.2 Å². The molecule has 1 aliphatic heterocycles. The van der Waals surface area contributed by atoms with Gasteiger partial charge in [-0.3, -0.25) is 9.36 Å². The Bertz CT molecular complexity index is 2140. The molecule has 1 aromatic heterocycles. The van der Waals surface area contributed by atoms with Crippen LogP contribution in [-0.2, 0) is 16.1 Å². The Balaban J connectivity index is 1.36. The van der Waals surface area contributed by atoms with Crippen molar-refractivity contribution in [2.75, 3.05) is 32.7 Å². The van der Waals surface area contributed by atoms with Gasteiger partial charge in [0.15, 0.2) is 16.3 Å². The number of benzene rings is 4. The number of thiazole rings is 1. The van der Waals surface area contributed by atoms with Crippen LogP contribution in [0.15, 0.2) is 106 Å². The number of carbonyl (C=O) groups excluding carboxylic acids is 1. The number of carbonyl (C=O) groups is 1. The van der Waals surface area contributed by atoms with Crippen molar-refractivity contribution in [3.05, 3.63) is 133 Å². The molecule has 1 atom stereocenters. The van der Waals surface area contributed by atoms with Crippen LogP contribution in [0.5, 0.6) is 11.5 Å². The predicted octanol–water partition coefficient (Wildman–Crippen LogP) is 5.61. The predicted molar refractivity (Wildman–Crippen MR) is 182 cm³/mol. The van der Waals surface area contributed by atoms with Crippen LogP contribution in [-0.4, -0.2) is 38.3 Å². The Kier molecular flexibility index (Phi) is 8.76. The lowest BCUT2D eigenvalue weighted by molar-refractivity contribution is -0.139. The molecule has 46 heavy (non-hydrogen) atoms. The maximum absolute atomic E-state index is 14.0. The molecule has 234 valence electrons. The van der Waals surface area contributed by atoms with Gasteiger partial charge in [0.2, 0.25) is 0 Å². The number of methoxy groups -OCH3 is 1. The molecular weight excluding hydrogens is 598 g/mol. The van der Waals surface area contributed by atoms with Crippen LogP contribution >= 0.6 is 11.3 Å². The zero-order valence-corrected chi connectivity index (χ0v) is 27.3. The molecule has 0 N–H and O–H groups in total.